The Morgan fingerprint density at radius 2 is 2.03 bits per heavy atom. The molecule has 6 rings (SSSR count). The molecule has 0 bridgehead atoms. The average Bonchev–Trinajstić information content (AvgIpc) is 3.53. The normalized spacial score (nSPS) is 21.3. The van der Waals surface area contributed by atoms with Crippen molar-refractivity contribution >= 4 is 29.3 Å². The summed E-state index contributed by atoms with van der Waals surface area (Å²) in [6.07, 6.45) is 10.1. The highest BCUT2D eigenvalue weighted by molar-refractivity contribution is 6.03. The lowest BCUT2D eigenvalue weighted by molar-refractivity contribution is -0.125. The quantitative estimate of drug-likeness (QED) is 0.637. The van der Waals surface area contributed by atoms with Gasteiger partial charge in [0.25, 0.3) is 5.91 Å². The summed E-state index contributed by atoms with van der Waals surface area (Å²) in [5.41, 5.74) is 4.87. The molecule has 7 nitrogen and oxygen atoms in total. The second-order valence-electron chi connectivity index (χ2n) is 8.87. The van der Waals surface area contributed by atoms with E-state index >= 15 is 0 Å². The Hall–Kier alpha value is -4.00. The minimum atomic E-state index is -0.221. The molecular weight excluding hydrogens is 414 g/mol. The molecule has 2 unspecified atom stereocenters. The number of anilines is 1. The molecule has 164 valence electrons. The van der Waals surface area contributed by atoms with Crippen molar-refractivity contribution < 1.29 is 9.59 Å². The first-order valence-electron chi connectivity index (χ1n) is 11.2. The molecule has 2 aliphatic heterocycles. The van der Waals surface area contributed by atoms with Gasteiger partial charge in [-0.1, -0.05) is 36.4 Å². The average molecular weight is 438 g/mol. The molecule has 2 atom stereocenters. The van der Waals surface area contributed by atoms with Crippen LogP contribution in [0.2, 0.25) is 0 Å². The highest BCUT2D eigenvalue weighted by Crippen LogP contribution is 2.41. The van der Waals surface area contributed by atoms with Crippen LogP contribution in [0.15, 0.2) is 67.0 Å². The number of carbonyl (C=O) groups is 2. The van der Waals surface area contributed by atoms with E-state index in [2.05, 4.69) is 45.7 Å². The summed E-state index contributed by atoms with van der Waals surface area (Å²) in [5.74, 6) is 1.26. The number of aromatic nitrogens is 3. The number of amides is 2. The van der Waals surface area contributed by atoms with Crippen molar-refractivity contribution in [2.24, 2.45) is 11.8 Å². The van der Waals surface area contributed by atoms with Crippen LogP contribution in [-0.2, 0) is 11.3 Å². The van der Waals surface area contributed by atoms with E-state index in [0.29, 0.717) is 29.9 Å². The fraction of sp³-hybridized carbons (Fsp3) is 0.231. The summed E-state index contributed by atoms with van der Waals surface area (Å²) >= 11 is 0. The fourth-order valence-electron chi connectivity index (χ4n) is 5.07. The molecule has 1 saturated heterocycles. The highest BCUT2D eigenvalue weighted by Gasteiger charge is 2.37. The molecule has 7 heteroatoms. The van der Waals surface area contributed by atoms with Crippen LogP contribution < -0.4 is 5.32 Å². The van der Waals surface area contributed by atoms with Crippen molar-refractivity contribution in [3.63, 3.8) is 0 Å². The van der Waals surface area contributed by atoms with Crippen LogP contribution in [0.3, 0.4) is 0 Å². The first-order valence-corrected chi connectivity index (χ1v) is 11.2. The number of nitrogens with one attached hydrogen (secondary N) is 1. The lowest BCUT2D eigenvalue weighted by atomic mass is 9.98. The SMILES string of the molecule is O=C1Nc2ncc(/C=C/C(=O)N3CC4C=C(c5ccccc5)CC4C3)cc2Cn2nccc21. The third-order valence-electron chi connectivity index (χ3n) is 6.75. The zero-order chi connectivity index (χ0) is 22.4. The molecule has 3 aliphatic rings. The smallest absolute Gasteiger partial charge is 0.275 e. The Morgan fingerprint density at radius 1 is 1.15 bits per heavy atom. The Kier molecular flexibility index (Phi) is 4.68. The highest BCUT2D eigenvalue weighted by atomic mass is 16.2. The third kappa shape index (κ3) is 3.65. The van der Waals surface area contributed by atoms with Crippen molar-refractivity contribution in [2.75, 3.05) is 18.4 Å². The van der Waals surface area contributed by atoms with Crippen LogP contribution in [0.1, 0.15) is 33.6 Å². The molecule has 33 heavy (non-hydrogen) atoms. The third-order valence-corrected chi connectivity index (χ3v) is 6.75. The van der Waals surface area contributed by atoms with E-state index in [1.54, 1.807) is 35.3 Å². The number of nitrogens with zero attached hydrogens (tertiary/aromatic N) is 4. The van der Waals surface area contributed by atoms with E-state index in [4.69, 9.17) is 0 Å². The van der Waals surface area contributed by atoms with Crippen molar-refractivity contribution in [3.8, 4) is 0 Å². The van der Waals surface area contributed by atoms with Crippen molar-refractivity contribution in [1.29, 1.82) is 0 Å². The topological polar surface area (TPSA) is 80.1 Å². The molecule has 4 heterocycles. The molecule has 1 fully saturated rings. The van der Waals surface area contributed by atoms with E-state index in [1.807, 2.05) is 17.0 Å². The lowest BCUT2D eigenvalue weighted by Crippen LogP contribution is -2.27. The predicted molar refractivity (Wildman–Crippen MR) is 125 cm³/mol. The summed E-state index contributed by atoms with van der Waals surface area (Å²) in [4.78, 5) is 31.5. The van der Waals surface area contributed by atoms with Gasteiger partial charge in [0.05, 0.1) is 6.54 Å². The monoisotopic (exact) mass is 437 g/mol. The molecule has 1 aromatic carbocycles. The van der Waals surface area contributed by atoms with Crippen LogP contribution in [-0.4, -0.2) is 44.6 Å². The maximum Gasteiger partial charge on any atom is 0.275 e. The Morgan fingerprint density at radius 3 is 2.88 bits per heavy atom. The molecule has 2 aromatic heterocycles. The Balaban J connectivity index is 1.14. The van der Waals surface area contributed by atoms with Gasteiger partial charge in [0.1, 0.15) is 11.5 Å². The van der Waals surface area contributed by atoms with Gasteiger partial charge in [-0.15, -0.1) is 0 Å². The maximum atomic E-state index is 12.8. The lowest BCUT2D eigenvalue weighted by Gasteiger charge is -2.15. The van der Waals surface area contributed by atoms with Crippen molar-refractivity contribution in [1.82, 2.24) is 19.7 Å². The Bertz CT molecular complexity index is 1310. The van der Waals surface area contributed by atoms with Gasteiger partial charge in [-0.25, -0.2) is 4.98 Å². The van der Waals surface area contributed by atoms with E-state index in [9.17, 15) is 9.59 Å². The molecular formula is C26H23N5O2. The number of carbonyl (C=O) groups excluding carboxylic acids is 2. The molecule has 3 aromatic rings. The van der Waals surface area contributed by atoms with Crippen LogP contribution in [0.5, 0.6) is 0 Å². The van der Waals surface area contributed by atoms with Gasteiger partial charge in [0.15, 0.2) is 0 Å². The van der Waals surface area contributed by atoms with E-state index in [0.717, 1.165) is 30.6 Å². The Labute approximate surface area is 191 Å². The number of pyridine rings is 1. The largest absolute Gasteiger partial charge is 0.338 e. The second-order valence-corrected chi connectivity index (χ2v) is 8.87. The number of rotatable bonds is 3. The van der Waals surface area contributed by atoms with Gasteiger partial charge in [-0.2, -0.15) is 5.10 Å². The standard InChI is InChI=1S/C26H23N5O2/c32-24(30-14-20-11-19(12-21(20)15-30)18-4-2-1-3-5-18)7-6-17-10-22-16-31-23(8-9-28-31)26(33)29-25(22)27-13-17/h1-11,13,20-21H,12,14-16H2,(H,27,29,33)/b7-6+. The molecule has 0 radical (unpaired) electrons. The van der Waals surface area contributed by atoms with Gasteiger partial charge >= 0.3 is 0 Å². The molecule has 2 amide bonds. The number of hydrogen-bond donors (Lipinski definition) is 1. The summed E-state index contributed by atoms with van der Waals surface area (Å²) in [5, 5.41) is 7.04. The zero-order valence-corrected chi connectivity index (χ0v) is 18.0. The maximum absolute atomic E-state index is 12.8. The molecule has 0 spiro atoms. The van der Waals surface area contributed by atoms with Crippen LogP contribution >= 0.6 is 0 Å². The second kappa shape index (κ2) is 7.85. The van der Waals surface area contributed by atoms with Gasteiger partial charge in [0.2, 0.25) is 5.91 Å². The first-order chi connectivity index (χ1) is 16.1. The van der Waals surface area contributed by atoms with Gasteiger partial charge in [-0.3, -0.25) is 14.3 Å². The number of benzene rings is 1. The number of allylic oxidation sites excluding steroid dienone is 1. The van der Waals surface area contributed by atoms with E-state index < -0.39 is 0 Å². The summed E-state index contributed by atoms with van der Waals surface area (Å²) < 4.78 is 1.65. The van der Waals surface area contributed by atoms with Gasteiger partial charge in [0, 0.05) is 37.1 Å². The van der Waals surface area contributed by atoms with Gasteiger partial charge < -0.3 is 10.2 Å². The predicted octanol–water partition coefficient (Wildman–Crippen LogP) is 3.47. The van der Waals surface area contributed by atoms with E-state index in [1.165, 1.54) is 11.1 Å². The molecule has 1 N–H and O–H groups in total. The summed E-state index contributed by atoms with van der Waals surface area (Å²) in [7, 11) is 0. The first kappa shape index (κ1) is 19.7. The van der Waals surface area contributed by atoms with E-state index in [-0.39, 0.29) is 11.8 Å². The minimum Gasteiger partial charge on any atom is -0.338 e. The van der Waals surface area contributed by atoms with Crippen LogP contribution in [0.25, 0.3) is 11.6 Å². The molecule has 0 saturated carbocycles. The fourth-order valence-corrected chi connectivity index (χ4v) is 5.07. The van der Waals surface area contributed by atoms with Crippen LogP contribution in [0.4, 0.5) is 5.82 Å². The zero-order valence-electron chi connectivity index (χ0n) is 18.0. The van der Waals surface area contributed by atoms with Crippen molar-refractivity contribution in [2.45, 2.75) is 13.0 Å². The van der Waals surface area contributed by atoms with Crippen molar-refractivity contribution in [3.05, 3.63) is 89.4 Å². The summed E-state index contributed by atoms with van der Waals surface area (Å²) in [6, 6.07) is 14.1. The minimum absolute atomic E-state index is 0.0247. The number of fused-ring (bicyclic) bond motifs is 3. The number of likely N-dealkylation sites (tertiary alicyclic amines) is 1. The number of hydrogen-bond acceptors (Lipinski definition) is 4. The summed E-state index contributed by atoms with van der Waals surface area (Å²) in [6.45, 7) is 2.00. The molecule has 1 aliphatic carbocycles. The van der Waals surface area contributed by atoms with Gasteiger partial charge in [-0.05, 0) is 53.2 Å². The van der Waals surface area contributed by atoms with Crippen LogP contribution in [0, 0.1) is 11.8 Å².